The molecule has 0 spiro atoms. The van der Waals surface area contributed by atoms with Crippen LogP contribution in [-0.2, 0) is 10.0 Å². The molecule has 1 saturated heterocycles. The Morgan fingerprint density at radius 3 is 2.00 bits per heavy atom. The largest absolute Gasteiger partial charge is 0.369 e. The molecule has 1 aliphatic rings. The second kappa shape index (κ2) is 7.95. The fourth-order valence-corrected chi connectivity index (χ4v) is 5.07. The van der Waals surface area contributed by atoms with Crippen LogP contribution >= 0.6 is 11.6 Å². The molecule has 0 atom stereocenters. The zero-order valence-corrected chi connectivity index (χ0v) is 16.9. The zero-order valence-electron chi connectivity index (χ0n) is 15.3. The predicted molar refractivity (Wildman–Crippen MR) is 114 cm³/mol. The topological polar surface area (TPSA) is 40.6 Å². The molecule has 0 bridgehead atoms. The van der Waals surface area contributed by atoms with E-state index in [9.17, 15) is 8.42 Å². The molecule has 0 aromatic heterocycles. The van der Waals surface area contributed by atoms with Crippen LogP contribution in [-0.4, -0.2) is 38.9 Å². The number of piperazine rings is 1. The molecule has 1 fully saturated rings. The van der Waals surface area contributed by atoms with Crippen LogP contribution in [0.1, 0.15) is 0 Å². The molecule has 0 radical (unpaired) electrons. The first-order chi connectivity index (χ1) is 13.5. The summed E-state index contributed by atoms with van der Waals surface area (Å²) in [6, 6.07) is 24.7. The lowest BCUT2D eigenvalue weighted by atomic mass is 10.1. The van der Waals surface area contributed by atoms with Crippen molar-refractivity contribution in [1.29, 1.82) is 0 Å². The lowest BCUT2D eigenvalue weighted by molar-refractivity contribution is 0.385. The summed E-state index contributed by atoms with van der Waals surface area (Å²) in [6.07, 6.45) is 0. The molecule has 4 nitrogen and oxygen atoms in total. The average Bonchev–Trinajstić information content (AvgIpc) is 2.74. The fourth-order valence-electron chi connectivity index (χ4n) is 3.46. The van der Waals surface area contributed by atoms with Crippen LogP contribution in [0.5, 0.6) is 0 Å². The van der Waals surface area contributed by atoms with Gasteiger partial charge < -0.3 is 4.90 Å². The minimum absolute atomic E-state index is 0.336. The number of nitrogens with zero attached hydrogens (tertiary/aromatic N) is 2. The van der Waals surface area contributed by atoms with E-state index in [1.165, 1.54) is 0 Å². The number of hydrogen-bond donors (Lipinski definition) is 0. The smallest absolute Gasteiger partial charge is 0.243 e. The van der Waals surface area contributed by atoms with Gasteiger partial charge in [-0.2, -0.15) is 4.31 Å². The van der Waals surface area contributed by atoms with E-state index in [-0.39, 0.29) is 0 Å². The molecule has 28 heavy (non-hydrogen) atoms. The Bertz CT molecular complexity index is 1050. The van der Waals surface area contributed by atoms with Crippen LogP contribution in [0.2, 0.25) is 5.02 Å². The van der Waals surface area contributed by atoms with Crippen molar-refractivity contribution in [3.63, 3.8) is 0 Å². The summed E-state index contributed by atoms with van der Waals surface area (Å²) in [6.45, 7) is 2.19. The van der Waals surface area contributed by atoms with Crippen molar-refractivity contribution in [2.45, 2.75) is 4.90 Å². The van der Waals surface area contributed by atoms with E-state index in [4.69, 9.17) is 11.6 Å². The van der Waals surface area contributed by atoms with Crippen LogP contribution in [0.4, 0.5) is 5.69 Å². The number of rotatable bonds is 4. The van der Waals surface area contributed by atoms with Crippen molar-refractivity contribution < 1.29 is 8.42 Å². The number of hydrogen-bond acceptors (Lipinski definition) is 3. The SMILES string of the molecule is O=S(=O)(c1ccc(-c2ccccc2)cc1)N1CCN(c2cccc(Cl)c2)CC1. The molecule has 6 heteroatoms. The van der Waals surface area contributed by atoms with Crippen LogP contribution in [0.3, 0.4) is 0 Å². The van der Waals surface area contributed by atoms with Gasteiger partial charge in [0.25, 0.3) is 0 Å². The number of halogens is 1. The zero-order chi connectivity index (χ0) is 19.6. The van der Waals surface area contributed by atoms with Crippen LogP contribution < -0.4 is 4.90 Å². The maximum atomic E-state index is 13.0. The molecule has 3 aromatic carbocycles. The van der Waals surface area contributed by atoms with Gasteiger partial charge in [0.2, 0.25) is 10.0 Å². The summed E-state index contributed by atoms with van der Waals surface area (Å²) in [5.74, 6) is 0. The monoisotopic (exact) mass is 412 g/mol. The Labute approximate surface area is 171 Å². The second-order valence-corrected chi connectivity index (χ2v) is 9.14. The molecule has 0 N–H and O–H groups in total. The predicted octanol–water partition coefficient (Wildman–Crippen LogP) is 4.52. The quantitative estimate of drug-likeness (QED) is 0.632. The van der Waals surface area contributed by atoms with E-state index in [2.05, 4.69) is 4.90 Å². The molecule has 1 aliphatic heterocycles. The van der Waals surface area contributed by atoms with Gasteiger partial charge in [-0.3, -0.25) is 0 Å². The standard InChI is InChI=1S/C22H21ClN2O2S/c23-20-7-4-8-21(17-20)24-13-15-25(16-14-24)28(26,27)22-11-9-19(10-12-22)18-5-2-1-3-6-18/h1-12,17H,13-16H2. The highest BCUT2D eigenvalue weighted by Crippen LogP contribution is 2.25. The van der Waals surface area contributed by atoms with Crippen molar-refractivity contribution in [3.8, 4) is 11.1 Å². The fraction of sp³-hybridized carbons (Fsp3) is 0.182. The first-order valence-electron chi connectivity index (χ1n) is 9.20. The molecule has 4 rings (SSSR count). The third kappa shape index (κ3) is 3.92. The molecule has 0 saturated carbocycles. The summed E-state index contributed by atoms with van der Waals surface area (Å²) in [5.41, 5.74) is 3.10. The molecule has 3 aromatic rings. The minimum Gasteiger partial charge on any atom is -0.369 e. The van der Waals surface area contributed by atoms with Gasteiger partial charge in [-0.05, 0) is 41.5 Å². The van der Waals surface area contributed by atoms with Gasteiger partial charge in [0.05, 0.1) is 4.90 Å². The second-order valence-electron chi connectivity index (χ2n) is 6.76. The summed E-state index contributed by atoms with van der Waals surface area (Å²) in [5, 5.41) is 0.686. The van der Waals surface area contributed by atoms with E-state index < -0.39 is 10.0 Å². The Morgan fingerprint density at radius 2 is 1.36 bits per heavy atom. The first kappa shape index (κ1) is 19.0. The van der Waals surface area contributed by atoms with Crippen LogP contribution in [0.15, 0.2) is 83.8 Å². The van der Waals surface area contributed by atoms with Crippen molar-refractivity contribution >= 4 is 27.3 Å². The number of benzene rings is 3. The molecule has 0 unspecified atom stereocenters. The Kier molecular flexibility index (Phi) is 5.40. The Morgan fingerprint density at radius 1 is 0.714 bits per heavy atom. The number of sulfonamides is 1. The third-order valence-electron chi connectivity index (χ3n) is 5.01. The maximum Gasteiger partial charge on any atom is 0.243 e. The average molecular weight is 413 g/mol. The van der Waals surface area contributed by atoms with E-state index in [0.717, 1.165) is 16.8 Å². The first-order valence-corrected chi connectivity index (χ1v) is 11.0. The summed E-state index contributed by atoms with van der Waals surface area (Å²) in [4.78, 5) is 2.50. The highest BCUT2D eigenvalue weighted by Gasteiger charge is 2.28. The molecule has 144 valence electrons. The minimum atomic E-state index is -3.49. The van der Waals surface area contributed by atoms with Crippen molar-refractivity contribution in [1.82, 2.24) is 4.31 Å². The molecular formula is C22H21ClN2O2S. The number of anilines is 1. The Hall–Kier alpha value is -2.34. The van der Waals surface area contributed by atoms with Gasteiger partial charge in [-0.25, -0.2) is 8.42 Å². The summed E-state index contributed by atoms with van der Waals surface area (Å²) < 4.78 is 27.6. The molecule has 0 aliphatic carbocycles. The molecule has 1 heterocycles. The van der Waals surface area contributed by atoms with Gasteiger partial charge in [0.15, 0.2) is 0 Å². The summed E-state index contributed by atoms with van der Waals surface area (Å²) in [7, 11) is -3.49. The van der Waals surface area contributed by atoms with Crippen molar-refractivity contribution in [2.75, 3.05) is 31.1 Å². The third-order valence-corrected chi connectivity index (χ3v) is 7.16. The molecular weight excluding hydrogens is 392 g/mol. The van der Waals surface area contributed by atoms with Gasteiger partial charge in [-0.1, -0.05) is 60.1 Å². The van der Waals surface area contributed by atoms with Crippen molar-refractivity contribution in [2.24, 2.45) is 0 Å². The maximum absolute atomic E-state index is 13.0. The van der Waals surface area contributed by atoms with E-state index in [1.807, 2.05) is 66.7 Å². The Balaban J connectivity index is 1.47. The van der Waals surface area contributed by atoms with Crippen molar-refractivity contribution in [3.05, 3.63) is 83.9 Å². The van der Waals surface area contributed by atoms with Crippen LogP contribution in [0, 0.1) is 0 Å². The normalized spacial score (nSPS) is 15.5. The summed E-state index contributed by atoms with van der Waals surface area (Å²) >= 11 is 6.07. The lowest BCUT2D eigenvalue weighted by Crippen LogP contribution is -2.48. The van der Waals surface area contributed by atoms with Gasteiger partial charge in [-0.15, -0.1) is 0 Å². The van der Waals surface area contributed by atoms with E-state index in [0.29, 0.717) is 36.1 Å². The van der Waals surface area contributed by atoms with Gasteiger partial charge in [0, 0.05) is 36.9 Å². The lowest BCUT2D eigenvalue weighted by Gasteiger charge is -2.35. The van der Waals surface area contributed by atoms with E-state index >= 15 is 0 Å². The van der Waals surface area contributed by atoms with Gasteiger partial charge >= 0.3 is 0 Å². The van der Waals surface area contributed by atoms with Crippen LogP contribution in [0.25, 0.3) is 11.1 Å². The highest BCUT2D eigenvalue weighted by molar-refractivity contribution is 7.89. The van der Waals surface area contributed by atoms with E-state index in [1.54, 1.807) is 16.4 Å². The highest BCUT2D eigenvalue weighted by atomic mass is 35.5. The van der Waals surface area contributed by atoms with Gasteiger partial charge in [0.1, 0.15) is 0 Å². The molecule has 0 amide bonds.